The van der Waals surface area contributed by atoms with Crippen LogP contribution in [0.15, 0.2) is 6.33 Å². The molecule has 0 aromatic carbocycles. The average molecular weight is 166 g/mol. The molecule has 3 heteroatoms. The Bertz CT molecular complexity index is 289. The van der Waals surface area contributed by atoms with Crippen LogP contribution in [0.4, 0.5) is 0 Å². The molecule has 0 saturated heterocycles. The second-order valence-electron chi connectivity index (χ2n) is 3.06. The standard InChI is InChI=1S/C9H14N2O/c1-7(12)4-5-11-6-10-8(2)9(11)3/h6H,4-5H2,1-3H3. The quantitative estimate of drug-likeness (QED) is 0.681. The number of hydrogen-bond acceptors (Lipinski definition) is 2. The van der Waals surface area contributed by atoms with E-state index >= 15 is 0 Å². The number of imidazole rings is 1. The zero-order valence-corrected chi connectivity index (χ0v) is 7.79. The molecule has 0 saturated carbocycles. The summed E-state index contributed by atoms with van der Waals surface area (Å²) in [6, 6.07) is 0. The van der Waals surface area contributed by atoms with Gasteiger partial charge < -0.3 is 4.57 Å². The summed E-state index contributed by atoms with van der Waals surface area (Å²) in [5.41, 5.74) is 2.19. The number of rotatable bonds is 3. The van der Waals surface area contributed by atoms with Crippen molar-refractivity contribution in [1.82, 2.24) is 9.55 Å². The molecule has 1 heterocycles. The number of carbonyl (C=O) groups is 1. The van der Waals surface area contributed by atoms with E-state index in [1.54, 1.807) is 13.3 Å². The van der Waals surface area contributed by atoms with Crippen molar-refractivity contribution >= 4 is 5.78 Å². The molecule has 0 fully saturated rings. The lowest BCUT2D eigenvalue weighted by molar-refractivity contribution is -0.117. The first-order valence-corrected chi connectivity index (χ1v) is 4.09. The maximum absolute atomic E-state index is 10.7. The van der Waals surface area contributed by atoms with Crippen LogP contribution in [0, 0.1) is 13.8 Å². The van der Waals surface area contributed by atoms with Crippen molar-refractivity contribution < 1.29 is 4.79 Å². The van der Waals surface area contributed by atoms with Crippen molar-refractivity contribution in [2.75, 3.05) is 0 Å². The highest BCUT2D eigenvalue weighted by Gasteiger charge is 2.01. The van der Waals surface area contributed by atoms with Crippen molar-refractivity contribution in [3.8, 4) is 0 Å². The second-order valence-corrected chi connectivity index (χ2v) is 3.06. The van der Waals surface area contributed by atoms with Gasteiger partial charge in [-0.2, -0.15) is 0 Å². The molecular formula is C9H14N2O. The zero-order valence-electron chi connectivity index (χ0n) is 7.79. The lowest BCUT2D eigenvalue weighted by Crippen LogP contribution is -2.03. The molecule has 0 amide bonds. The Labute approximate surface area is 72.4 Å². The third-order valence-corrected chi connectivity index (χ3v) is 2.05. The van der Waals surface area contributed by atoms with Gasteiger partial charge in [-0.05, 0) is 20.8 Å². The van der Waals surface area contributed by atoms with Gasteiger partial charge in [0.05, 0.1) is 12.0 Å². The first-order valence-electron chi connectivity index (χ1n) is 4.09. The number of carbonyl (C=O) groups excluding carboxylic acids is 1. The number of nitrogens with zero attached hydrogens (tertiary/aromatic N) is 2. The molecule has 12 heavy (non-hydrogen) atoms. The van der Waals surface area contributed by atoms with Gasteiger partial charge in [-0.3, -0.25) is 4.79 Å². The van der Waals surface area contributed by atoms with E-state index in [1.165, 1.54) is 0 Å². The van der Waals surface area contributed by atoms with Gasteiger partial charge in [0, 0.05) is 18.7 Å². The molecule has 0 unspecified atom stereocenters. The molecule has 0 bridgehead atoms. The van der Waals surface area contributed by atoms with Gasteiger partial charge in [-0.1, -0.05) is 0 Å². The van der Waals surface area contributed by atoms with Crippen molar-refractivity contribution in [2.45, 2.75) is 33.7 Å². The van der Waals surface area contributed by atoms with Crippen LogP contribution in [0.2, 0.25) is 0 Å². The van der Waals surface area contributed by atoms with Crippen LogP contribution < -0.4 is 0 Å². The molecule has 0 atom stereocenters. The fourth-order valence-corrected chi connectivity index (χ4v) is 1.05. The summed E-state index contributed by atoms with van der Waals surface area (Å²) in [5.74, 6) is 0.223. The summed E-state index contributed by atoms with van der Waals surface area (Å²) in [6.07, 6.45) is 2.38. The number of aryl methyl sites for hydroxylation is 2. The Hall–Kier alpha value is -1.12. The summed E-state index contributed by atoms with van der Waals surface area (Å²) in [5, 5.41) is 0. The van der Waals surface area contributed by atoms with Gasteiger partial charge in [0.2, 0.25) is 0 Å². The first-order chi connectivity index (χ1) is 5.61. The van der Waals surface area contributed by atoms with Crippen LogP contribution in [-0.2, 0) is 11.3 Å². The van der Waals surface area contributed by atoms with E-state index in [4.69, 9.17) is 0 Å². The number of hydrogen-bond donors (Lipinski definition) is 0. The number of aromatic nitrogens is 2. The van der Waals surface area contributed by atoms with Gasteiger partial charge in [0.15, 0.2) is 0 Å². The lowest BCUT2D eigenvalue weighted by atomic mass is 10.3. The fourth-order valence-electron chi connectivity index (χ4n) is 1.05. The minimum Gasteiger partial charge on any atom is -0.334 e. The summed E-state index contributed by atoms with van der Waals surface area (Å²) >= 11 is 0. The highest BCUT2D eigenvalue weighted by Crippen LogP contribution is 2.04. The van der Waals surface area contributed by atoms with Crippen molar-refractivity contribution in [3.05, 3.63) is 17.7 Å². The van der Waals surface area contributed by atoms with Crippen LogP contribution in [0.3, 0.4) is 0 Å². The SMILES string of the molecule is CC(=O)CCn1cnc(C)c1C. The molecule has 66 valence electrons. The van der Waals surface area contributed by atoms with Crippen molar-refractivity contribution in [3.63, 3.8) is 0 Å². The van der Waals surface area contributed by atoms with Crippen LogP contribution in [0.5, 0.6) is 0 Å². The second kappa shape index (κ2) is 3.52. The van der Waals surface area contributed by atoms with Crippen molar-refractivity contribution in [2.24, 2.45) is 0 Å². The summed E-state index contributed by atoms with van der Waals surface area (Å²) < 4.78 is 2.01. The molecule has 1 aromatic rings. The maximum atomic E-state index is 10.7. The van der Waals surface area contributed by atoms with Crippen LogP contribution in [-0.4, -0.2) is 15.3 Å². The summed E-state index contributed by atoms with van der Waals surface area (Å²) in [7, 11) is 0. The highest BCUT2D eigenvalue weighted by molar-refractivity contribution is 5.75. The van der Waals surface area contributed by atoms with E-state index in [1.807, 2.05) is 18.4 Å². The van der Waals surface area contributed by atoms with Gasteiger partial charge in [-0.25, -0.2) is 4.98 Å². The smallest absolute Gasteiger partial charge is 0.131 e. The predicted molar refractivity (Wildman–Crippen MR) is 47.0 cm³/mol. The molecule has 0 aliphatic heterocycles. The third-order valence-electron chi connectivity index (χ3n) is 2.05. The Morgan fingerprint density at radius 2 is 2.25 bits per heavy atom. The maximum Gasteiger partial charge on any atom is 0.131 e. The Kier molecular flexibility index (Phi) is 2.63. The van der Waals surface area contributed by atoms with Crippen LogP contribution in [0.25, 0.3) is 0 Å². The topological polar surface area (TPSA) is 34.9 Å². The predicted octanol–water partition coefficient (Wildman–Crippen LogP) is 1.48. The van der Waals surface area contributed by atoms with Gasteiger partial charge in [-0.15, -0.1) is 0 Å². The van der Waals surface area contributed by atoms with Crippen LogP contribution >= 0.6 is 0 Å². The van der Waals surface area contributed by atoms with Gasteiger partial charge >= 0.3 is 0 Å². The molecule has 0 spiro atoms. The Morgan fingerprint density at radius 3 is 2.67 bits per heavy atom. The van der Waals surface area contributed by atoms with E-state index in [-0.39, 0.29) is 5.78 Å². The minimum atomic E-state index is 0.223. The molecule has 1 rings (SSSR count). The van der Waals surface area contributed by atoms with Gasteiger partial charge in [0.25, 0.3) is 0 Å². The fraction of sp³-hybridized carbons (Fsp3) is 0.556. The Balaban J connectivity index is 2.63. The van der Waals surface area contributed by atoms with E-state index in [0.29, 0.717) is 6.42 Å². The molecule has 0 N–H and O–H groups in total. The van der Waals surface area contributed by atoms with E-state index in [2.05, 4.69) is 4.98 Å². The molecule has 0 aliphatic rings. The van der Waals surface area contributed by atoms with Crippen molar-refractivity contribution in [1.29, 1.82) is 0 Å². The molecule has 0 radical (unpaired) electrons. The largest absolute Gasteiger partial charge is 0.334 e. The molecule has 1 aromatic heterocycles. The third kappa shape index (κ3) is 1.94. The van der Waals surface area contributed by atoms with Crippen LogP contribution in [0.1, 0.15) is 24.7 Å². The number of Topliss-reactive ketones (excluding diaryl/α,β-unsaturated/α-hetero) is 1. The summed E-state index contributed by atoms with van der Waals surface area (Å²) in [4.78, 5) is 14.8. The summed E-state index contributed by atoms with van der Waals surface area (Å²) in [6.45, 7) is 6.35. The molecule has 3 nitrogen and oxygen atoms in total. The van der Waals surface area contributed by atoms with Gasteiger partial charge in [0.1, 0.15) is 5.78 Å². The average Bonchev–Trinajstić information content (AvgIpc) is 2.30. The lowest BCUT2D eigenvalue weighted by Gasteiger charge is -2.02. The van der Waals surface area contributed by atoms with E-state index in [0.717, 1.165) is 17.9 Å². The Morgan fingerprint density at radius 1 is 1.58 bits per heavy atom. The number of ketones is 1. The molecular weight excluding hydrogens is 152 g/mol. The molecule has 0 aliphatic carbocycles. The normalized spacial score (nSPS) is 10.2. The minimum absolute atomic E-state index is 0.223. The monoisotopic (exact) mass is 166 g/mol. The van der Waals surface area contributed by atoms with E-state index in [9.17, 15) is 4.79 Å². The highest BCUT2D eigenvalue weighted by atomic mass is 16.1. The zero-order chi connectivity index (χ0) is 9.14. The first kappa shape index (κ1) is 8.97. The van der Waals surface area contributed by atoms with E-state index < -0.39 is 0 Å².